The Labute approximate surface area is 181 Å². The van der Waals surface area contributed by atoms with Gasteiger partial charge in [0.15, 0.2) is 11.5 Å². The monoisotopic (exact) mass is 412 g/mol. The highest BCUT2D eigenvalue weighted by atomic mass is 16.6. The molecule has 5 nitrogen and oxygen atoms in total. The highest BCUT2D eigenvalue weighted by Crippen LogP contribution is 2.58. The lowest BCUT2D eigenvalue weighted by atomic mass is 9.85. The molecule has 31 heavy (non-hydrogen) atoms. The summed E-state index contributed by atoms with van der Waals surface area (Å²) >= 11 is 0. The van der Waals surface area contributed by atoms with E-state index in [0.717, 1.165) is 34.6 Å². The van der Waals surface area contributed by atoms with Gasteiger partial charge in [0.1, 0.15) is 13.2 Å². The number of amides is 1. The van der Waals surface area contributed by atoms with Crippen molar-refractivity contribution in [2.24, 2.45) is 11.0 Å². The van der Waals surface area contributed by atoms with Gasteiger partial charge >= 0.3 is 0 Å². The minimum atomic E-state index is -0.299. The van der Waals surface area contributed by atoms with E-state index in [0.29, 0.717) is 19.0 Å². The van der Waals surface area contributed by atoms with Crippen molar-refractivity contribution in [3.63, 3.8) is 0 Å². The molecule has 1 amide bonds. The molecule has 0 bridgehead atoms. The van der Waals surface area contributed by atoms with E-state index in [2.05, 4.69) is 34.8 Å². The number of rotatable bonds is 5. The fourth-order valence-corrected chi connectivity index (χ4v) is 4.41. The largest absolute Gasteiger partial charge is 0.486 e. The van der Waals surface area contributed by atoms with Gasteiger partial charge < -0.3 is 9.47 Å². The molecule has 156 valence electrons. The number of fused-ring (bicyclic) bond motifs is 1. The van der Waals surface area contributed by atoms with Crippen LogP contribution in [0.5, 0.6) is 11.5 Å². The summed E-state index contributed by atoms with van der Waals surface area (Å²) in [5, 5.41) is 4.38. The Hall–Kier alpha value is -3.60. The van der Waals surface area contributed by atoms with Crippen LogP contribution in [0.2, 0.25) is 0 Å². The Morgan fingerprint density at radius 3 is 2.16 bits per heavy atom. The number of hydrogen-bond acceptors (Lipinski definition) is 4. The second-order valence-corrected chi connectivity index (χ2v) is 7.99. The van der Waals surface area contributed by atoms with E-state index in [1.807, 2.05) is 61.5 Å². The van der Waals surface area contributed by atoms with Crippen LogP contribution in [0.1, 0.15) is 30.0 Å². The summed E-state index contributed by atoms with van der Waals surface area (Å²) in [4.78, 5) is 13.1. The lowest BCUT2D eigenvalue weighted by molar-refractivity contribution is -0.122. The van der Waals surface area contributed by atoms with Gasteiger partial charge in [-0.05, 0) is 42.7 Å². The van der Waals surface area contributed by atoms with Crippen LogP contribution >= 0.6 is 0 Å². The van der Waals surface area contributed by atoms with Crippen LogP contribution in [0.15, 0.2) is 84.0 Å². The van der Waals surface area contributed by atoms with Crippen molar-refractivity contribution < 1.29 is 14.3 Å². The van der Waals surface area contributed by atoms with Crippen LogP contribution < -0.4 is 14.9 Å². The first-order valence-electron chi connectivity index (χ1n) is 10.5. The maximum atomic E-state index is 13.1. The molecule has 1 atom stereocenters. The van der Waals surface area contributed by atoms with E-state index in [1.54, 1.807) is 0 Å². The Bertz CT molecular complexity index is 1090. The van der Waals surface area contributed by atoms with E-state index in [-0.39, 0.29) is 17.2 Å². The van der Waals surface area contributed by atoms with Gasteiger partial charge in [0, 0.05) is 11.0 Å². The molecule has 1 N–H and O–H groups in total. The fourth-order valence-electron chi connectivity index (χ4n) is 4.41. The predicted octanol–water partition coefficient (Wildman–Crippen LogP) is 4.30. The molecule has 1 fully saturated rings. The van der Waals surface area contributed by atoms with Crippen molar-refractivity contribution in [1.29, 1.82) is 0 Å². The third-order valence-corrected chi connectivity index (χ3v) is 6.15. The average Bonchev–Trinajstić information content (AvgIpc) is 3.60. The normalized spacial score (nSPS) is 18.9. The summed E-state index contributed by atoms with van der Waals surface area (Å²) in [6.45, 7) is 2.97. The highest BCUT2D eigenvalue weighted by Gasteiger charge is 2.60. The molecule has 1 aliphatic carbocycles. The van der Waals surface area contributed by atoms with E-state index >= 15 is 0 Å². The second-order valence-electron chi connectivity index (χ2n) is 7.99. The number of ether oxygens (including phenoxy) is 2. The fraction of sp³-hybridized carbons (Fsp3) is 0.231. The van der Waals surface area contributed by atoms with Crippen LogP contribution in [0, 0.1) is 5.92 Å². The van der Waals surface area contributed by atoms with Gasteiger partial charge in [0.05, 0.1) is 11.6 Å². The van der Waals surface area contributed by atoms with Crippen molar-refractivity contribution in [3.05, 3.63) is 95.6 Å². The molecule has 0 saturated heterocycles. The molecular formula is C26H24N2O3. The van der Waals surface area contributed by atoms with Crippen molar-refractivity contribution in [2.45, 2.75) is 18.8 Å². The zero-order chi connectivity index (χ0) is 21.3. The first kappa shape index (κ1) is 19.4. The van der Waals surface area contributed by atoms with Gasteiger partial charge in [-0.1, -0.05) is 60.7 Å². The lowest BCUT2D eigenvalue weighted by Gasteiger charge is -2.19. The maximum absolute atomic E-state index is 13.1. The molecule has 1 saturated carbocycles. The average molecular weight is 412 g/mol. The molecule has 1 unspecified atom stereocenters. The van der Waals surface area contributed by atoms with Gasteiger partial charge in [-0.3, -0.25) is 4.79 Å². The number of carbonyl (C=O) groups is 1. The summed E-state index contributed by atoms with van der Waals surface area (Å²) in [5.41, 5.74) is 6.42. The molecule has 3 aromatic carbocycles. The quantitative estimate of drug-likeness (QED) is 0.502. The molecule has 0 radical (unpaired) electrons. The van der Waals surface area contributed by atoms with Gasteiger partial charge in [-0.15, -0.1) is 0 Å². The minimum absolute atomic E-state index is 0.0652. The SMILES string of the molecule is C/C(=N\NC(=O)C1CC1(c1ccccc1)c1ccccc1)c1ccc2c(c1)OCCO2. The van der Waals surface area contributed by atoms with E-state index < -0.39 is 0 Å². The molecule has 5 rings (SSSR count). The first-order valence-corrected chi connectivity index (χ1v) is 10.5. The molecule has 1 aliphatic heterocycles. The number of hydrogen-bond donors (Lipinski definition) is 1. The maximum Gasteiger partial charge on any atom is 0.244 e. The van der Waals surface area contributed by atoms with Crippen molar-refractivity contribution >= 4 is 11.6 Å². The smallest absolute Gasteiger partial charge is 0.244 e. The molecule has 2 aliphatic rings. The standard InChI is InChI=1S/C26H24N2O3/c1-18(19-12-13-23-24(16-19)31-15-14-30-23)27-28-25(29)22-17-26(22,20-8-4-2-5-9-20)21-10-6-3-7-11-21/h2-13,16,22H,14-15,17H2,1H3,(H,28,29)/b27-18+. The lowest BCUT2D eigenvalue weighted by Crippen LogP contribution is -2.26. The Morgan fingerprint density at radius 2 is 1.52 bits per heavy atom. The van der Waals surface area contributed by atoms with Crippen LogP contribution in [0.4, 0.5) is 0 Å². The van der Waals surface area contributed by atoms with Gasteiger partial charge in [-0.2, -0.15) is 5.10 Å². The Kier molecular flexibility index (Phi) is 4.94. The van der Waals surface area contributed by atoms with Crippen LogP contribution in [0.25, 0.3) is 0 Å². The van der Waals surface area contributed by atoms with E-state index in [4.69, 9.17) is 9.47 Å². The van der Waals surface area contributed by atoms with Gasteiger partial charge in [0.25, 0.3) is 0 Å². The van der Waals surface area contributed by atoms with Crippen LogP contribution in [-0.4, -0.2) is 24.8 Å². The summed E-state index contributed by atoms with van der Waals surface area (Å²) in [6, 6.07) is 26.2. The molecule has 1 heterocycles. The van der Waals surface area contributed by atoms with Crippen molar-refractivity contribution in [2.75, 3.05) is 13.2 Å². The Balaban J connectivity index is 1.36. The second kappa shape index (κ2) is 7.91. The number of hydrazone groups is 1. The topological polar surface area (TPSA) is 59.9 Å². The summed E-state index contributed by atoms with van der Waals surface area (Å²) < 4.78 is 11.2. The molecular weight excluding hydrogens is 388 g/mol. The molecule has 0 spiro atoms. The number of carbonyl (C=O) groups excluding carboxylic acids is 1. The Morgan fingerprint density at radius 1 is 0.903 bits per heavy atom. The number of nitrogens with zero attached hydrogens (tertiary/aromatic N) is 1. The van der Waals surface area contributed by atoms with E-state index in [1.165, 1.54) is 0 Å². The number of nitrogens with one attached hydrogen (secondary N) is 1. The molecule has 0 aromatic heterocycles. The van der Waals surface area contributed by atoms with Crippen molar-refractivity contribution in [1.82, 2.24) is 5.43 Å². The molecule has 3 aromatic rings. The van der Waals surface area contributed by atoms with Gasteiger partial charge in [0.2, 0.25) is 5.91 Å². The summed E-state index contributed by atoms with van der Waals surface area (Å²) in [5.74, 6) is 1.22. The van der Waals surface area contributed by atoms with Gasteiger partial charge in [-0.25, -0.2) is 5.43 Å². The predicted molar refractivity (Wildman–Crippen MR) is 120 cm³/mol. The van der Waals surface area contributed by atoms with Crippen LogP contribution in [-0.2, 0) is 10.2 Å². The van der Waals surface area contributed by atoms with Crippen LogP contribution in [0.3, 0.4) is 0 Å². The zero-order valence-electron chi connectivity index (χ0n) is 17.4. The van der Waals surface area contributed by atoms with Crippen molar-refractivity contribution in [3.8, 4) is 11.5 Å². The zero-order valence-corrected chi connectivity index (χ0v) is 17.4. The summed E-state index contributed by atoms with van der Waals surface area (Å²) in [6.07, 6.45) is 0.769. The minimum Gasteiger partial charge on any atom is -0.486 e. The molecule has 5 heteroatoms. The first-order chi connectivity index (χ1) is 15.2. The third kappa shape index (κ3) is 3.56. The third-order valence-electron chi connectivity index (χ3n) is 6.15. The highest BCUT2D eigenvalue weighted by molar-refractivity contribution is 6.00. The summed E-state index contributed by atoms with van der Waals surface area (Å²) in [7, 11) is 0. The van der Waals surface area contributed by atoms with E-state index in [9.17, 15) is 4.79 Å². The number of benzene rings is 3.